The van der Waals surface area contributed by atoms with Crippen LogP contribution in [0.4, 0.5) is 5.82 Å². The second-order valence-electron chi connectivity index (χ2n) is 5.81. The van der Waals surface area contributed by atoms with Gasteiger partial charge in [-0.15, -0.1) is 0 Å². The van der Waals surface area contributed by atoms with Crippen LogP contribution in [0.3, 0.4) is 0 Å². The molecule has 3 nitrogen and oxygen atoms in total. The van der Waals surface area contributed by atoms with Gasteiger partial charge in [-0.05, 0) is 43.9 Å². The quantitative estimate of drug-likeness (QED) is 0.892. The molecule has 2 rings (SSSR count). The Hall–Kier alpha value is -1.09. The first kappa shape index (κ1) is 13.3. The number of pyridine rings is 1. The van der Waals surface area contributed by atoms with Crippen LogP contribution in [0, 0.1) is 12.8 Å². The van der Waals surface area contributed by atoms with Gasteiger partial charge in [0.25, 0.3) is 0 Å². The van der Waals surface area contributed by atoms with Crippen molar-refractivity contribution in [1.29, 1.82) is 0 Å². The predicted octanol–water partition coefficient (Wildman–Crippen LogP) is 3.16. The predicted molar refractivity (Wildman–Crippen MR) is 76.4 cm³/mol. The summed E-state index contributed by atoms with van der Waals surface area (Å²) < 4.78 is 0. The summed E-state index contributed by atoms with van der Waals surface area (Å²) in [7, 11) is 0. The minimum absolute atomic E-state index is 0.536. The highest BCUT2D eigenvalue weighted by Gasteiger charge is 2.25. The summed E-state index contributed by atoms with van der Waals surface area (Å²) >= 11 is 0. The van der Waals surface area contributed by atoms with Gasteiger partial charge in [0.1, 0.15) is 5.82 Å². The maximum atomic E-state index is 5.75. The summed E-state index contributed by atoms with van der Waals surface area (Å²) in [5.41, 5.74) is 8.21. The highest BCUT2D eigenvalue weighted by molar-refractivity contribution is 5.35. The standard InChI is InChI=1S/C15H25N3/c1-11(2)10-18-9-5-4-6-14(18)13-7-8-15(16)17-12(13)3/h7-8,11,14H,4-6,9-10H2,1-3H3,(H2,16,17)/t14-/m0/s1. The second kappa shape index (κ2) is 5.70. The third-order valence-electron chi connectivity index (χ3n) is 3.72. The molecule has 1 aliphatic heterocycles. The summed E-state index contributed by atoms with van der Waals surface area (Å²) in [6.45, 7) is 9.05. The smallest absolute Gasteiger partial charge is 0.123 e. The number of anilines is 1. The van der Waals surface area contributed by atoms with Gasteiger partial charge >= 0.3 is 0 Å². The first-order chi connectivity index (χ1) is 8.58. The molecule has 1 atom stereocenters. The zero-order valence-electron chi connectivity index (χ0n) is 11.8. The Labute approximate surface area is 110 Å². The van der Waals surface area contributed by atoms with E-state index in [1.54, 1.807) is 0 Å². The molecule has 2 N–H and O–H groups in total. The molecule has 0 unspecified atom stereocenters. The molecule has 0 aliphatic carbocycles. The van der Waals surface area contributed by atoms with Crippen molar-refractivity contribution in [2.24, 2.45) is 5.92 Å². The number of aromatic nitrogens is 1. The Morgan fingerprint density at radius 1 is 1.39 bits per heavy atom. The van der Waals surface area contributed by atoms with Crippen LogP contribution in [0.15, 0.2) is 12.1 Å². The first-order valence-corrected chi connectivity index (χ1v) is 7.05. The van der Waals surface area contributed by atoms with Crippen molar-refractivity contribution in [3.63, 3.8) is 0 Å². The van der Waals surface area contributed by atoms with E-state index in [0.717, 1.165) is 5.69 Å². The average molecular weight is 247 g/mol. The summed E-state index contributed by atoms with van der Waals surface area (Å²) in [5.74, 6) is 1.34. The van der Waals surface area contributed by atoms with Gasteiger partial charge < -0.3 is 5.73 Å². The van der Waals surface area contributed by atoms with Gasteiger partial charge in [-0.25, -0.2) is 4.98 Å². The lowest BCUT2D eigenvalue weighted by molar-refractivity contribution is 0.131. The fraction of sp³-hybridized carbons (Fsp3) is 0.667. The Morgan fingerprint density at radius 2 is 2.17 bits per heavy atom. The molecule has 1 aliphatic rings. The van der Waals surface area contributed by atoms with Gasteiger partial charge in [0.05, 0.1) is 0 Å². The molecule has 1 aromatic rings. The van der Waals surface area contributed by atoms with E-state index in [1.165, 1.54) is 37.9 Å². The first-order valence-electron chi connectivity index (χ1n) is 7.05. The topological polar surface area (TPSA) is 42.1 Å². The highest BCUT2D eigenvalue weighted by atomic mass is 15.2. The lowest BCUT2D eigenvalue weighted by atomic mass is 9.93. The molecule has 0 saturated carbocycles. The number of nitrogens with zero attached hydrogens (tertiary/aromatic N) is 2. The Morgan fingerprint density at radius 3 is 2.83 bits per heavy atom. The summed E-state index contributed by atoms with van der Waals surface area (Å²) in [4.78, 5) is 7.03. The Bertz CT molecular complexity index is 401. The molecular formula is C15H25N3. The van der Waals surface area contributed by atoms with E-state index in [2.05, 4.69) is 36.7 Å². The third kappa shape index (κ3) is 3.02. The number of rotatable bonds is 3. The van der Waals surface area contributed by atoms with Crippen LogP contribution in [0.2, 0.25) is 0 Å². The number of piperidine rings is 1. The van der Waals surface area contributed by atoms with E-state index in [1.807, 2.05) is 6.07 Å². The third-order valence-corrected chi connectivity index (χ3v) is 3.72. The maximum absolute atomic E-state index is 5.75. The van der Waals surface area contributed by atoms with Crippen molar-refractivity contribution in [3.05, 3.63) is 23.4 Å². The molecule has 1 aromatic heterocycles. The van der Waals surface area contributed by atoms with E-state index in [4.69, 9.17) is 5.73 Å². The van der Waals surface area contributed by atoms with Crippen molar-refractivity contribution in [2.45, 2.75) is 46.1 Å². The monoisotopic (exact) mass is 247 g/mol. The van der Waals surface area contributed by atoms with Gasteiger partial charge in [0.2, 0.25) is 0 Å². The van der Waals surface area contributed by atoms with Crippen LogP contribution in [0.25, 0.3) is 0 Å². The van der Waals surface area contributed by atoms with E-state index in [9.17, 15) is 0 Å². The van der Waals surface area contributed by atoms with Crippen molar-refractivity contribution in [1.82, 2.24) is 9.88 Å². The molecule has 1 saturated heterocycles. The van der Waals surface area contributed by atoms with Gasteiger partial charge in [-0.2, -0.15) is 0 Å². The molecule has 1 fully saturated rings. The lowest BCUT2D eigenvalue weighted by Crippen LogP contribution is -2.36. The summed E-state index contributed by atoms with van der Waals surface area (Å²) in [6.07, 6.45) is 3.90. The molecule has 0 bridgehead atoms. The number of nitrogens with two attached hydrogens (primary N) is 1. The molecule has 100 valence electrons. The summed E-state index contributed by atoms with van der Waals surface area (Å²) in [5, 5.41) is 0. The maximum Gasteiger partial charge on any atom is 0.123 e. The Kier molecular flexibility index (Phi) is 4.23. The van der Waals surface area contributed by atoms with Crippen LogP contribution < -0.4 is 5.73 Å². The van der Waals surface area contributed by atoms with Gasteiger partial charge in [-0.3, -0.25) is 4.90 Å². The van der Waals surface area contributed by atoms with Crippen LogP contribution >= 0.6 is 0 Å². The highest BCUT2D eigenvalue weighted by Crippen LogP contribution is 2.32. The van der Waals surface area contributed by atoms with Crippen LogP contribution in [-0.2, 0) is 0 Å². The summed E-state index contributed by atoms with van der Waals surface area (Å²) in [6, 6.07) is 4.64. The largest absolute Gasteiger partial charge is 0.384 e. The van der Waals surface area contributed by atoms with Crippen molar-refractivity contribution in [2.75, 3.05) is 18.8 Å². The fourth-order valence-electron chi connectivity index (χ4n) is 2.97. The van der Waals surface area contributed by atoms with Gasteiger partial charge in [0.15, 0.2) is 0 Å². The second-order valence-corrected chi connectivity index (χ2v) is 5.81. The number of nitrogen functional groups attached to an aromatic ring is 1. The zero-order valence-corrected chi connectivity index (χ0v) is 11.8. The van der Waals surface area contributed by atoms with Crippen LogP contribution in [0.5, 0.6) is 0 Å². The molecule has 0 radical (unpaired) electrons. The van der Waals surface area contributed by atoms with E-state index < -0.39 is 0 Å². The number of hydrogen-bond donors (Lipinski definition) is 1. The van der Waals surface area contributed by atoms with Crippen molar-refractivity contribution in [3.8, 4) is 0 Å². The number of hydrogen-bond acceptors (Lipinski definition) is 3. The van der Waals surface area contributed by atoms with E-state index in [-0.39, 0.29) is 0 Å². The van der Waals surface area contributed by atoms with E-state index >= 15 is 0 Å². The molecule has 18 heavy (non-hydrogen) atoms. The lowest BCUT2D eigenvalue weighted by Gasteiger charge is -2.37. The van der Waals surface area contributed by atoms with Gasteiger partial charge in [-0.1, -0.05) is 26.3 Å². The van der Waals surface area contributed by atoms with Gasteiger partial charge in [0, 0.05) is 18.3 Å². The van der Waals surface area contributed by atoms with Crippen molar-refractivity contribution >= 4 is 5.82 Å². The number of aryl methyl sites for hydroxylation is 1. The normalized spacial score (nSPS) is 21.4. The van der Waals surface area contributed by atoms with Crippen LogP contribution in [0.1, 0.15) is 50.4 Å². The minimum Gasteiger partial charge on any atom is -0.384 e. The molecule has 0 amide bonds. The molecule has 3 heteroatoms. The minimum atomic E-state index is 0.536. The molecular weight excluding hydrogens is 222 g/mol. The molecule has 0 spiro atoms. The zero-order chi connectivity index (χ0) is 13.1. The number of likely N-dealkylation sites (tertiary alicyclic amines) is 1. The molecule has 0 aromatic carbocycles. The fourth-order valence-corrected chi connectivity index (χ4v) is 2.97. The average Bonchev–Trinajstić information content (AvgIpc) is 2.30. The van der Waals surface area contributed by atoms with Crippen LogP contribution in [-0.4, -0.2) is 23.0 Å². The SMILES string of the molecule is Cc1nc(N)ccc1[C@@H]1CCCCN1CC(C)C. The Balaban J connectivity index is 2.22. The molecule has 2 heterocycles. The van der Waals surface area contributed by atoms with Crippen molar-refractivity contribution < 1.29 is 0 Å². The van der Waals surface area contributed by atoms with E-state index in [0.29, 0.717) is 17.8 Å².